The zero-order valence-corrected chi connectivity index (χ0v) is 16.3. The largest absolute Gasteiger partial charge is 0.284 e. The van der Waals surface area contributed by atoms with Crippen LogP contribution in [0.25, 0.3) is 33.1 Å². The van der Waals surface area contributed by atoms with Gasteiger partial charge in [-0.2, -0.15) is 5.10 Å². The van der Waals surface area contributed by atoms with Crippen LogP contribution in [0, 0.1) is 0 Å². The van der Waals surface area contributed by atoms with E-state index in [0.717, 1.165) is 53.2 Å². The van der Waals surface area contributed by atoms with Crippen LogP contribution < -0.4 is 4.72 Å². The molecule has 0 fully saturated rings. The van der Waals surface area contributed by atoms with Crippen molar-refractivity contribution in [1.82, 2.24) is 15.2 Å². The highest BCUT2D eigenvalue weighted by Gasteiger charge is 2.21. The van der Waals surface area contributed by atoms with Crippen molar-refractivity contribution in [3.05, 3.63) is 53.7 Å². The summed E-state index contributed by atoms with van der Waals surface area (Å²) in [5.41, 5.74) is 7.24. The maximum Gasteiger partial charge on any atom is 0.229 e. The summed E-state index contributed by atoms with van der Waals surface area (Å²) in [5.74, 6) is 0. The number of rotatable bonds is 3. The van der Waals surface area contributed by atoms with E-state index >= 15 is 0 Å². The zero-order chi connectivity index (χ0) is 19.3. The van der Waals surface area contributed by atoms with Crippen LogP contribution in [-0.2, 0) is 22.9 Å². The third-order valence-corrected chi connectivity index (χ3v) is 5.96. The zero-order valence-electron chi connectivity index (χ0n) is 15.5. The average molecular weight is 392 g/mol. The Morgan fingerprint density at radius 3 is 2.50 bits per heavy atom. The molecule has 7 heteroatoms. The van der Waals surface area contributed by atoms with E-state index in [-0.39, 0.29) is 0 Å². The molecule has 1 aliphatic carbocycles. The highest BCUT2D eigenvalue weighted by Crippen LogP contribution is 2.37. The number of nitrogens with zero attached hydrogens (tertiary/aromatic N) is 2. The van der Waals surface area contributed by atoms with Gasteiger partial charge in [-0.05, 0) is 61.1 Å². The fraction of sp³-hybridized carbons (Fsp3) is 0.238. The average Bonchev–Trinajstić information content (AvgIpc) is 3.15. The van der Waals surface area contributed by atoms with E-state index in [1.54, 1.807) is 12.1 Å². The molecule has 0 aliphatic heterocycles. The fourth-order valence-corrected chi connectivity index (χ4v) is 4.76. The van der Waals surface area contributed by atoms with Gasteiger partial charge in [0.1, 0.15) is 0 Å². The van der Waals surface area contributed by atoms with Crippen LogP contribution in [0.1, 0.15) is 24.0 Å². The molecule has 5 rings (SSSR count). The summed E-state index contributed by atoms with van der Waals surface area (Å²) in [4.78, 5) is 5.01. The molecular formula is C21H20N4O2S. The molecule has 4 aromatic rings. The molecule has 28 heavy (non-hydrogen) atoms. The van der Waals surface area contributed by atoms with Crippen LogP contribution in [-0.4, -0.2) is 29.9 Å². The number of fused-ring (bicyclic) bond motifs is 5. The van der Waals surface area contributed by atoms with Crippen molar-refractivity contribution in [2.45, 2.75) is 25.7 Å². The van der Waals surface area contributed by atoms with Crippen LogP contribution in [0.4, 0.5) is 5.69 Å². The summed E-state index contributed by atoms with van der Waals surface area (Å²) in [5, 5.41) is 9.60. The smallest absolute Gasteiger partial charge is 0.229 e. The molecule has 2 N–H and O–H groups in total. The Bertz CT molecular complexity index is 1310. The first-order valence-corrected chi connectivity index (χ1v) is 11.2. The van der Waals surface area contributed by atoms with Crippen molar-refractivity contribution >= 4 is 37.5 Å². The molecule has 0 saturated carbocycles. The molecule has 1 aliphatic rings. The van der Waals surface area contributed by atoms with Crippen molar-refractivity contribution in [2.24, 2.45) is 0 Å². The minimum absolute atomic E-state index is 0.556. The van der Waals surface area contributed by atoms with Gasteiger partial charge in [0, 0.05) is 22.0 Å². The van der Waals surface area contributed by atoms with Gasteiger partial charge in [0.05, 0.1) is 29.2 Å². The van der Waals surface area contributed by atoms with Crippen LogP contribution in [0.5, 0.6) is 0 Å². The molecule has 2 heterocycles. The van der Waals surface area contributed by atoms with Gasteiger partial charge in [-0.25, -0.2) is 13.4 Å². The third-order valence-electron chi connectivity index (χ3n) is 5.35. The van der Waals surface area contributed by atoms with Crippen LogP contribution in [0.3, 0.4) is 0 Å². The number of aromatic amines is 1. The van der Waals surface area contributed by atoms with Gasteiger partial charge in [0.25, 0.3) is 0 Å². The Morgan fingerprint density at radius 1 is 1.00 bits per heavy atom. The van der Waals surface area contributed by atoms with Crippen molar-refractivity contribution < 1.29 is 8.42 Å². The van der Waals surface area contributed by atoms with E-state index in [2.05, 4.69) is 14.9 Å². The Kier molecular flexibility index (Phi) is 3.87. The van der Waals surface area contributed by atoms with Crippen LogP contribution in [0.15, 0.2) is 42.6 Å². The lowest BCUT2D eigenvalue weighted by molar-refractivity contribution is 0.607. The number of aromatic nitrogens is 3. The van der Waals surface area contributed by atoms with E-state index in [9.17, 15) is 8.42 Å². The lowest BCUT2D eigenvalue weighted by Crippen LogP contribution is -2.09. The minimum atomic E-state index is -3.29. The van der Waals surface area contributed by atoms with E-state index in [0.29, 0.717) is 5.69 Å². The number of sulfonamides is 1. The van der Waals surface area contributed by atoms with E-state index < -0.39 is 10.0 Å². The molecule has 0 radical (unpaired) electrons. The van der Waals surface area contributed by atoms with Gasteiger partial charge in [-0.3, -0.25) is 9.82 Å². The number of hydrogen-bond donors (Lipinski definition) is 2. The number of nitrogens with one attached hydrogen (secondary N) is 2. The lowest BCUT2D eigenvalue weighted by atomic mass is 9.85. The summed E-state index contributed by atoms with van der Waals surface area (Å²) in [6.07, 6.45) is 7.42. The molecule has 0 atom stereocenters. The first kappa shape index (κ1) is 17.2. The molecule has 0 bridgehead atoms. The Balaban J connectivity index is 1.70. The number of hydrogen-bond acceptors (Lipinski definition) is 4. The van der Waals surface area contributed by atoms with Gasteiger partial charge in [-0.15, -0.1) is 0 Å². The molecule has 0 spiro atoms. The van der Waals surface area contributed by atoms with Crippen molar-refractivity contribution in [2.75, 3.05) is 11.0 Å². The van der Waals surface area contributed by atoms with Crippen LogP contribution in [0.2, 0.25) is 0 Å². The quantitative estimate of drug-likeness (QED) is 0.551. The highest BCUT2D eigenvalue weighted by molar-refractivity contribution is 7.92. The van der Waals surface area contributed by atoms with E-state index in [1.807, 2.05) is 30.5 Å². The summed E-state index contributed by atoms with van der Waals surface area (Å²) in [6.45, 7) is 0. The number of H-pyrrole nitrogens is 1. The molecular weight excluding hydrogens is 372 g/mol. The number of anilines is 1. The molecule has 142 valence electrons. The topological polar surface area (TPSA) is 87.7 Å². The Labute approximate surface area is 163 Å². The van der Waals surface area contributed by atoms with Gasteiger partial charge in [0.15, 0.2) is 0 Å². The number of aryl methyl sites for hydroxylation is 1. The second-order valence-electron chi connectivity index (χ2n) is 7.37. The summed E-state index contributed by atoms with van der Waals surface area (Å²) in [6, 6.07) is 11.5. The minimum Gasteiger partial charge on any atom is -0.284 e. The summed E-state index contributed by atoms with van der Waals surface area (Å²) < 4.78 is 25.4. The molecule has 2 aromatic heterocycles. The second-order valence-corrected chi connectivity index (χ2v) is 9.12. The van der Waals surface area contributed by atoms with Crippen molar-refractivity contribution in [1.29, 1.82) is 0 Å². The molecule has 2 aromatic carbocycles. The first-order chi connectivity index (χ1) is 13.5. The highest BCUT2D eigenvalue weighted by atomic mass is 32.2. The summed E-state index contributed by atoms with van der Waals surface area (Å²) in [7, 11) is -3.29. The van der Waals surface area contributed by atoms with E-state index in [4.69, 9.17) is 4.98 Å². The van der Waals surface area contributed by atoms with Crippen molar-refractivity contribution in [3.63, 3.8) is 0 Å². The van der Waals surface area contributed by atoms with Gasteiger partial charge in [-0.1, -0.05) is 12.1 Å². The predicted octanol–water partition coefficient (Wildman–Crippen LogP) is 4.03. The SMILES string of the molecule is CS(=O)(=O)Nc1ccc(-c2nc3ccc4[nH]ncc4c3c3c2CCCC3)cc1. The van der Waals surface area contributed by atoms with E-state index in [1.165, 1.54) is 22.9 Å². The maximum atomic E-state index is 11.4. The first-order valence-electron chi connectivity index (χ1n) is 9.35. The fourth-order valence-electron chi connectivity index (χ4n) is 4.20. The molecule has 0 amide bonds. The third kappa shape index (κ3) is 2.92. The summed E-state index contributed by atoms with van der Waals surface area (Å²) >= 11 is 0. The molecule has 0 unspecified atom stereocenters. The maximum absolute atomic E-state index is 11.4. The number of pyridine rings is 1. The lowest BCUT2D eigenvalue weighted by Gasteiger charge is -2.22. The Hall–Kier alpha value is -2.93. The van der Waals surface area contributed by atoms with Crippen LogP contribution >= 0.6 is 0 Å². The Morgan fingerprint density at radius 2 is 1.75 bits per heavy atom. The van der Waals surface area contributed by atoms with Gasteiger partial charge in [0.2, 0.25) is 10.0 Å². The standard InChI is InChI=1S/C21H20N4O2S/c1-28(26,27)25-14-8-6-13(7-9-14)21-16-5-3-2-4-15(16)20-17-12-22-24-18(17)10-11-19(20)23-21/h6-12,25H,2-5H2,1H3,(H,22,24). The second kappa shape index (κ2) is 6.31. The van der Waals surface area contributed by atoms with Gasteiger partial charge >= 0.3 is 0 Å². The predicted molar refractivity (Wildman–Crippen MR) is 112 cm³/mol. The molecule has 6 nitrogen and oxygen atoms in total. The number of benzene rings is 2. The van der Waals surface area contributed by atoms with Crippen molar-refractivity contribution in [3.8, 4) is 11.3 Å². The monoisotopic (exact) mass is 392 g/mol. The molecule has 0 saturated heterocycles. The normalized spacial score (nSPS) is 14.3. The van der Waals surface area contributed by atoms with Gasteiger partial charge < -0.3 is 0 Å².